The molecule has 0 amide bonds. The molecule has 3 aromatic heterocycles. The number of hydrogen-bond donors (Lipinski definition) is 3. The highest BCUT2D eigenvalue weighted by atomic mass is 31.2. The van der Waals surface area contributed by atoms with Crippen LogP contribution in [0.2, 0.25) is 0 Å². The molecule has 11 nitrogen and oxygen atoms in total. The number of aromatic nitrogens is 6. The molecule has 4 aromatic rings. The number of aromatic amines is 1. The van der Waals surface area contributed by atoms with Crippen molar-refractivity contribution in [3.63, 3.8) is 0 Å². The Morgan fingerprint density at radius 3 is 2.75 bits per heavy atom. The van der Waals surface area contributed by atoms with E-state index in [-0.39, 0.29) is 11.5 Å². The third kappa shape index (κ3) is 2.90. The molecular weight excluding hydrogens is 385 g/mol. The maximum Gasteiger partial charge on any atom is 0.333 e. The van der Waals surface area contributed by atoms with Gasteiger partial charge in [-0.1, -0.05) is 6.92 Å². The second-order valence-corrected chi connectivity index (χ2v) is 7.76. The van der Waals surface area contributed by atoms with Gasteiger partial charge in [0.05, 0.1) is 22.3 Å². The highest BCUT2D eigenvalue weighted by molar-refractivity contribution is 7.50. The normalized spacial score (nSPS) is 11.9. The number of nitriles is 1. The third-order valence-electron chi connectivity index (χ3n) is 4.30. The molecule has 0 bridgehead atoms. The average molecular weight is 399 g/mol. The molecule has 142 valence electrons. The second-order valence-electron chi connectivity index (χ2n) is 6.12. The molecule has 0 saturated carbocycles. The Hall–Kier alpha value is -3.32. The molecule has 0 saturated heterocycles. The fourth-order valence-electron chi connectivity index (χ4n) is 3.15. The van der Waals surface area contributed by atoms with Crippen molar-refractivity contribution < 1.29 is 14.4 Å². The molecule has 0 unspecified atom stereocenters. The zero-order valence-electron chi connectivity index (χ0n) is 14.6. The summed E-state index contributed by atoms with van der Waals surface area (Å²) in [7, 11) is -4.44. The van der Waals surface area contributed by atoms with Crippen LogP contribution >= 0.6 is 7.60 Å². The number of rotatable bonds is 4. The number of aryl methyl sites for hydroxylation is 1. The molecular formula is C16H14N7O4P. The van der Waals surface area contributed by atoms with Crippen LogP contribution in [-0.4, -0.2) is 38.9 Å². The molecule has 0 fully saturated rings. The lowest BCUT2D eigenvalue weighted by atomic mass is 10.1. The van der Waals surface area contributed by atoms with E-state index in [0.29, 0.717) is 28.7 Å². The molecule has 3 heterocycles. The van der Waals surface area contributed by atoms with Crippen LogP contribution in [0.3, 0.4) is 0 Å². The Bertz CT molecular complexity index is 1370. The summed E-state index contributed by atoms with van der Waals surface area (Å²) in [4.78, 5) is 37.9. The average Bonchev–Trinajstić information content (AvgIpc) is 3.27. The van der Waals surface area contributed by atoms with Crippen molar-refractivity contribution in [1.82, 2.24) is 29.1 Å². The first-order valence-electron chi connectivity index (χ1n) is 8.23. The van der Waals surface area contributed by atoms with Crippen molar-refractivity contribution in [3.05, 3.63) is 52.1 Å². The Balaban J connectivity index is 2.11. The summed E-state index contributed by atoms with van der Waals surface area (Å²) in [5.74, 6) is 0.687. The Morgan fingerprint density at radius 1 is 1.29 bits per heavy atom. The summed E-state index contributed by atoms with van der Waals surface area (Å²) >= 11 is 0. The van der Waals surface area contributed by atoms with Gasteiger partial charge in [0.1, 0.15) is 23.9 Å². The molecule has 0 spiro atoms. The second kappa shape index (κ2) is 6.38. The van der Waals surface area contributed by atoms with Crippen LogP contribution in [-0.2, 0) is 17.1 Å². The van der Waals surface area contributed by atoms with Crippen molar-refractivity contribution in [2.45, 2.75) is 19.5 Å². The van der Waals surface area contributed by atoms with E-state index in [0.717, 1.165) is 5.82 Å². The van der Waals surface area contributed by atoms with E-state index >= 15 is 0 Å². The van der Waals surface area contributed by atoms with Crippen LogP contribution < -0.4 is 5.56 Å². The Morgan fingerprint density at radius 2 is 2.07 bits per heavy atom. The highest BCUT2D eigenvalue weighted by Gasteiger charge is 2.22. The highest BCUT2D eigenvalue weighted by Crippen LogP contribution is 2.38. The van der Waals surface area contributed by atoms with Gasteiger partial charge in [-0.15, -0.1) is 10.2 Å². The van der Waals surface area contributed by atoms with Crippen LogP contribution in [0, 0.1) is 11.3 Å². The fraction of sp³-hybridized carbons (Fsp3) is 0.188. The number of nitrogens with zero attached hydrogens (tertiary/aromatic N) is 6. The standard InChI is InChI=1S/C16H14N7O4P/c1-2-13-18-3-4-22(13)11-6-12-10(5-9(11)7-17)19-16(24)15-21-20-14(23(12)15)8-28(25,26)27/h3-6H,2,8H2,1H3,(H,19,24)(H2,25,26,27). The molecule has 0 radical (unpaired) electrons. The van der Waals surface area contributed by atoms with Gasteiger partial charge in [-0.3, -0.25) is 13.8 Å². The summed E-state index contributed by atoms with van der Waals surface area (Å²) in [5.41, 5.74) is 0.891. The van der Waals surface area contributed by atoms with Crippen molar-refractivity contribution in [1.29, 1.82) is 5.26 Å². The molecule has 1 aromatic carbocycles. The fourth-order valence-corrected chi connectivity index (χ4v) is 3.72. The summed E-state index contributed by atoms with van der Waals surface area (Å²) < 4.78 is 14.5. The summed E-state index contributed by atoms with van der Waals surface area (Å²) in [5, 5.41) is 17.1. The van der Waals surface area contributed by atoms with Gasteiger partial charge in [0, 0.05) is 18.8 Å². The predicted molar refractivity (Wildman–Crippen MR) is 98.1 cm³/mol. The quantitative estimate of drug-likeness (QED) is 0.426. The molecule has 0 aliphatic rings. The van der Waals surface area contributed by atoms with Crippen LogP contribution in [0.25, 0.3) is 22.4 Å². The molecule has 4 rings (SSSR count). The molecule has 0 aliphatic carbocycles. The number of benzene rings is 1. The molecule has 12 heteroatoms. The minimum Gasteiger partial charge on any atom is -0.324 e. The smallest absolute Gasteiger partial charge is 0.324 e. The third-order valence-corrected chi connectivity index (χ3v) is 4.99. The van der Waals surface area contributed by atoms with Crippen LogP contribution in [0.4, 0.5) is 0 Å². The van der Waals surface area contributed by atoms with E-state index in [9.17, 15) is 24.4 Å². The topological polar surface area (TPSA) is 162 Å². The maximum absolute atomic E-state index is 12.3. The van der Waals surface area contributed by atoms with Gasteiger partial charge >= 0.3 is 7.60 Å². The van der Waals surface area contributed by atoms with Crippen molar-refractivity contribution in [2.75, 3.05) is 0 Å². The molecule has 28 heavy (non-hydrogen) atoms. The molecule has 3 N–H and O–H groups in total. The first-order chi connectivity index (χ1) is 13.3. The van der Waals surface area contributed by atoms with E-state index in [1.54, 1.807) is 23.0 Å². The first-order valence-corrected chi connectivity index (χ1v) is 10.0. The lowest BCUT2D eigenvalue weighted by molar-refractivity contribution is 0.370. The van der Waals surface area contributed by atoms with E-state index in [1.807, 2.05) is 6.92 Å². The van der Waals surface area contributed by atoms with Gasteiger partial charge < -0.3 is 19.3 Å². The summed E-state index contributed by atoms with van der Waals surface area (Å²) in [6.45, 7) is 1.93. The number of fused-ring (bicyclic) bond motifs is 3. The van der Waals surface area contributed by atoms with E-state index in [4.69, 9.17) is 0 Å². The van der Waals surface area contributed by atoms with Crippen LogP contribution in [0.5, 0.6) is 0 Å². The number of nitrogens with one attached hydrogen (secondary N) is 1. The van der Waals surface area contributed by atoms with Gasteiger partial charge in [-0.05, 0) is 12.1 Å². The number of imidazole rings is 1. The van der Waals surface area contributed by atoms with Gasteiger partial charge in [0.25, 0.3) is 5.56 Å². The summed E-state index contributed by atoms with van der Waals surface area (Å²) in [6, 6.07) is 5.26. The first kappa shape index (κ1) is 18.1. The van der Waals surface area contributed by atoms with Gasteiger partial charge in [-0.2, -0.15) is 5.26 Å². The SMILES string of the molecule is CCc1nccn1-c1cc2c(cc1C#N)[nH]c(=O)c1nnc(CP(=O)(O)O)n12. The zero-order chi connectivity index (χ0) is 20.1. The Kier molecular flexibility index (Phi) is 4.12. The van der Waals surface area contributed by atoms with Gasteiger partial charge in [0.2, 0.25) is 5.65 Å². The maximum atomic E-state index is 12.3. The van der Waals surface area contributed by atoms with Gasteiger partial charge in [0.15, 0.2) is 0 Å². The van der Waals surface area contributed by atoms with E-state index in [2.05, 4.69) is 26.2 Å². The van der Waals surface area contributed by atoms with Gasteiger partial charge in [-0.25, -0.2) is 4.98 Å². The monoisotopic (exact) mass is 399 g/mol. The van der Waals surface area contributed by atoms with Crippen LogP contribution in [0.1, 0.15) is 24.1 Å². The van der Waals surface area contributed by atoms with Crippen LogP contribution in [0.15, 0.2) is 29.3 Å². The van der Waals surface area contributed by atoms with Crippen molar-refractivity contribution in [3.8, 4) is 11.8 Å². The summed E-state index contributed by atoms with van der Waals surface area (Å²) in [6.07, 6.45) is 3.29. The molecule has 0 aliphatic heterocycles. The number of hydrogen-bond acceptors (Lipinski definition) is 6. The minimum atomic E-state index is -4.44. The van der Waals surface area contributed by atoms with Crippen molar-refractivity contribution >= 4 is 24.3 Å². The lowest BCUT2D eigenvalue weighted by Gasteiger charge is -2.12. The predicted octanol–water partition coefficient (Wildman–Crippen LogP) is 0.868. The zero-order valence-corrected chi connectivity index (χ0v) is 15.5. The number of H-pyrrole nitrogens is 1. The van der Waals surface area contributed by atoms with Crippen molar-refractivity contribution in [2.24, 2.45) is 0 Å². The van der Waals surface area contributed by atoms with E-state index < -0.39 is 19.3 Å². The molecule has 0 atom stereocenters. The van der Waals surface area contributed by atoms with E-state index in [1.165, 1.54) is 10.5 Å². The largest absolute Gasteiger partial charge is 0.333 e. The lowest BCUT2D eigenvalue weighted by Crippen LogP contribution is -2.13. The Labute approximate surface area is 157 Å². The minimum absolute atomic E-state index is 0.0450.